The smallest absolute Gasteiger partial charge is 0.410 e. The van der Waals surface area contributed by atoms with Crippen molar-refractivity contribution in [1.29, 1.82) is 0 Å². The molecule has 1 atom stereocenters. The Bertz CT molecular complexity index is 569. The van der Waals surface area contributed by atoms with Crippen molar-refractivity contribution in [3.05, 3.63) is 29.0 Å². The van der Waals surface area contributed by atoms with Gasteiger partial charge in [-0.25, -0.2) is 4.79 Å². The molecule has 1 aromatic rings. The van der Waals surface area contributed by atoms with Crippen molar-refractivity contribution in [2.45, 2.75) is 39.2 Å². The Labute approximate surface area is 135 Å². The van der Waals surface area contributed by atoms with Crippen LogP contribution in [0, 0.1) is 5.92 Å². The molecule has 1 aromatic heterocycles. The summed E-state index contributed by atoms with van der Waals surface area (Å²) in [6.07, 6.45) is 3.72. The average Bonchev–Trinajstić information content (AvgIpc) is 2.41. The minimum atomic E-state index is -0.539. The van der Waals surface area contributed by atoms with E-state index in [2.05, 4.69) is 4.98 Å². The molecule has 2 heterocycles. The van der Waals surface area contributed by atoms with Crippen molar-refractivity contribution >= 4 is 23.5 Å². The molecular formula is C16H21ClN2O3. The average molecular weight is 325 g/mol. The van der Waals surface area contributed by atoms with Crippen molar-refractivity contribution in [2.24, 2.45) is 5.92 Å². The van der Waals surface area contributed by atoms with Crippen molar-refractivity contribution in [3.8, 4) is 0 Å². The largest absolute Gasteiger partial charge is 0.444 e. The lowest BCUT2D eigenvalue weighted by Gasteiger charge is -2.33. The Morgan fingerprint density at radius 2 is 2.23 bits per heavy atom. The minimum Gasteiger partial charge on any atom is -0.444 e. The molecule has 0 aliphatic carbocycles. The van der Waals surface area contributed by atoms with Crippen LogP contribution in [0.3, 0.4) is 0 Å². The van der Waals surface area contributed by atoms with Gasteiger partial charge in [-0.3, -0.25) is 9.78 Å². The van der Waals surface area contributed by atoms with Crippen LogP contribution in [0.1, 0.15) is 32.8 Å². The number of piperidine rings is 1. The van der Waals surface area contributed by atoms with Gasteiger partial charge in [0.2, 0.25) is 0 Å². The quantitative estimate of drug-likeness (QED) is 0.838. The van der Waals surface area contributed by atoms with E-state index >= 15 is 0 Å². The predicted molar refractivity (Wildman–Crippen MR) is 83.9 cm³/mol. The van der Waals surface area contributed by atoms with E-state index in [9.17, 15) is 9.59 Å². The number of carbonyl (C=O) groups excluding carboxylic acids is 2. The van der Waals surface area contributed by atoms with E-state index in [-0.39, 0.29) is 17.8 Å². The highest BCUT2D eigenvalue weighted by molar-refractivity contribution is 6.31. The van der Waals surface area contributed by atoms with Crippen molar-refractivity contribution in [2.75, 3.05) is 13.1 Å². The van der Waals surface area contributed by atoms with Gasteiger partial charge in [0.25, 0.3) is 0 Å². The van der Waals surface area contributed by atoms with E-state index in [0.29, 0.717) is 31.0 Å². The van der Waals surface area contributed by atoms with E-state index in [0.717, 1.165) is 5.56 Å². The highest BCUT2D eigenvalue weighted by Crippen LogP contribution is 2.23. The molecule has 120 valence electrons. The predicted octanol–water partition coefficient (Wildman–Crippen LogP) is 3.10. The second kappa shape index (κ2) is 6.65. The number of ketones is 1. The first kappa shape index (κ1) is 16.7. The first-order valence-corrected chi connectivity index (χ1v) is 7.73. The summed E-state index contributed by atoms with van der Waals surface area (Å²) in [6.45, 7) is 6.26. The molecule has 22 heavy (non-hydrogen) atoms. The zero-order chi connectivity index (χ0) is 16.3. The normalized spacial score (nSPS) is 19.2. The van der Waals surface area contributed by atoms with Gasteiger partial charge in [0.15, 0.2) is 0 Å². The van der Waals surface area contributed by atoms with E-state index in [1.165, 1.54) is 0 Å². The number of Topliss-reactive ketones (excluding diaryl/α,β-unsaturated/α-hetero) is 1. The van der Waals surface area contributed by atoms with Crippen LogP contribution in [0.25, 0.3) is 0 Å². The highest BCUT2D eigenvalue weighted by Gasteiger charge is 2.32. The molecule has 0 spiro atoms. The highest BCUT2D eigenvalue weighted by atomic mass is 35.5. The molecule has 5 nitrogen and oxygen atoms in total. The van der Waals surface area contributed by atoms with Gasteiger partial charge in [0.05, 0.1) is 5.02 Å². The maximum absolute atomic E-state index is 12.1. The van der Waals surface area contributed by atoms with Crippen LogP contribution >= 0.6 is 11.6 Å². The maximum atomic E-state index is 12.1. The Hall–Kier alpha value is -1.62. The van der Waals surface area contributed by atoms with Gasteiger partial charge in [-0.15, -0.1) is 0 Å². The van der Waals surface area contributed by atoms with Crippen molar-refractivity contribution < 1.29 is 14.3 Å². The lowest BCUT2D eigenvalue weighted by Crippen LogP contribution is -2.46. The number of ether oxygens (including phenoxy) is 1. The lowest BCUT2D eigenvalue weighted by molar-refractivity contribution is -0.125. The SMILES string of the molecule is CC(C)(C)OC(=O)N1CCC(=O)C(Cc2ccncc2Cl)C1. The first-order valence-electron chi connectivity index (χ1n) is 7.35. The van der Waals surface area contributed by atoms with Gasteiger partial charge in [-0.2, -0.15) is 0 Å². The summed E-state index contributed by atoms with van der Waals surface area (Å²) < 4.78 is 5.37. The fraction of sp³-hybridized carbons (Fsp3) is 0.562. The molecule has 1 unspecified atom stereocenters. The molecule has 0 N–H and O–H groups in total. The molecule has 1 aliphatic heterocycles. The number of rotatable bonds is 2. The first-order chi connectivity index (χ1) is 10.3. The second-order valence-electron chi connectivity index (χ2n) is 6.51. The molecule has 0 bridgehead atoms. The van der Waals surface area contributed by atoms with Gasteiger partial charge >= 0.3 is 6.09 Å². The third-order valence-corrected chi connectivity index (χ3v) is 3.84. The third-order valence-electron chi connectivity index (χ3n) is 3.50. The summed E-state index contributed by atoms with van der Waals surface area (Å²) in [5.74, 6) is -0.0890. The number of halogens is 1. The second-order valence-corrected chi connectivity index (χ2v) is 6.92. The number of hydrogen-bond acceptors (Lipinski definition) is 4. The zero-order valence-electron chi connectivity index (χ0n) is 13.1. The van der Waals surface area contributed by atoms with Crippen LogP contribution in [0.5, 0.6) is 0 Å². The Morgan fingerprint density at radius 3 is 2.86 bits per heavy atom. The van der Waals surface area contributed by atoms with E-state index in [4.69, 9.17) is 16.3 Å². The van der Waals surface area contributed by atoms with Gasteiger partial charge in [-0.1, -0.05) is 11.6 Å². The van der Waals surface area contributed by atoms with Crippen LogP contribution in [0.15, 0.2) is 18.5 Å². The van der Waals surface area contributed by atoms with E-state index in [1.54, 1.807) is 17.3 Å². The number of pyridine rings is 1. The van der Waals surface area contributed by atoms with Crippen LogP contribution in [-0.2, 0) is 16.0 Å². The van der Waals surface area contributed by atoms with Crippen LogP contribution in [-0.4, -0.2) is 40.5 Å². The van der Waals surface area contributed by atoms with Crippen molar-refractivity contribution in [3.63, 3.8) is 0 Å². The van der Waals surface area contributed by atoms with Crippen LogP contribution in [0.2, 0.25) is 5.02 Å². The third kappa shape index (κ3) is 4.44. The van der Waals surface area contributed by atoms with Crippen molar-refractivity contribution in [1.82, 2.24) is 9.88 Å². The monoisotopic (exact) mass is 324 g/mol. The molecule has 0 aromatic carbocycles. The summed E-state index contributed by atoms with van der Waals surface area (Å²) in [5.41, 5.74) is 0.337. The number of amides is 1. The molecule has 1 aliphatic rings. The molecule has 1 fully saturated rings. The fourth-order valence-electron chi connectivity index (χ4n) is 2.41. The Morgan fingerprint density at radius 1 is 1.50 bits per heavy atom. The Balaban J connectivity index is 2.04. The number of carbonyl (C=O) groups is 2. The van der Waals surface area contributed by atoms with E-state index in [1.807, 2.05) is 26.8 Å². The van der Waals surface area contributed by atoms with Crippen LogP contribution in [0.4, 0.5) is 4.79 Å². The van der Waals surface area contributed by atoms with Gasteiger partial charge < -0.3 is 9.64 Å². The lowest BCUT2D eigenvalue weighted by atomic mass is 9.90. The van der Waals surface area contributed by atoms with Crippen LogP contribution < -0.4 is 0 Å². The topological polar surface area (TPSA) is 59.5 Å². The molecule has 6 heteroatoms. The fourth-order valence-corrected chi connectivity index (χ4v) is 2.61. The summed E-state index contributed by atoms with van der Waals surface area (Å²) in [6, 6.07) is 1.81. The molecule has 0 saturated carbocycles. The zero-order valence-corrected chi connectivity index (χ0v) is 13.9. The number of nitrogens with zero attached hydrogens (tertiary/aromatic N) is 2. The molecular weight excluding hydrogens is 304 g/mol. The van der Waals surface area contributed by atoms with E-state index < -0.39 is 5.60 Å². The van der Waals surface area contributed by atoms with Gasteiger partial charge in [0.1, 0.15) is 11.4 Å². The minimum absolute atomic E-state index is 0.160. The molecule has 0 radical (unpaired) electrons. The summed E-state index contributed by atoms with van der Waals surface area (Å²) >= 11 is 6.10. The number of hydrogen-bond donors (Lipinski definition) is 0. The van der Waals surface area contributed by atoms with Gasteiger partial charge in [-0.05, 0) is 38.8 Å². The molecule has 2 rings (SSSR count). The Kier molecular flexibility index (Phi) is 5.06. The summed E-state index contributed by atoms with van der Waals surface area (Å²) in [4.78, 5) is 29.8. The summed E-state index contributed by atoms with van der Waals surface area (Å²) in [7, 11) is 0. The standard InChI is InChI=1S/C16H21ClN2O3/c1-16(2,3)22-15(21)19-7-5-14(20)12(10-19)8-11-4-6-18-9-13(11)17/h4,6,9,12H,5,7-8,10H2,1-3H3. The van der Waals surface area contributed by atoms with Gasteiger partial charge in [0, 0.05) is 37.8 Å². The summed E-state index contributed by atoms with van der Waals surface area (Å²) in [5, 5.41) is 0.546. The number of aromatic nitrogens is 1. The molecule has 1 saturated heterocycles. The maximum Gasteiger partial charge on any atom is 0.410 e. The molecule has 1 amide bonds. The number of likely N-dealkylation sites (tertiary alicyclic amines) is 1.